The van der Waals surface area contributed by atoms with Crippen LogP contribution in [0.15, 0.2) is 34.9 Å². The van der Waals surface area contributed by atoms with Crippen molar-refractivity contribution in [2.75, 3.05) is 7.11 Å². The minimum atomic E-state index is -0.0586. The molecule has 0 saturated heterocycles. The van der Waals surface area contributed by atoms with E-state index in [1.165, 1.54) is 0 Å². The van der Waals surface area contributed by atoms with E-state index in [1.807, 2.05) is 12.1 Å². The summed E-state index contributed by atoms with van der Waals surface area (Å²) >= 11 is 3.40. The van der Waals surface area contributed by atoms with Gasteiger partial charge >= 0.3 is 0 Å². The number of halogens is 1. The van der Waals surface area contributed by atoms with E-state index < -0.39 is 0 Å². The summed E-state index contributed by atoms with van der Waals surface area (Å²) in [5, 5.41) is 4.17. The number of ether oxygens (including phenoxy) is 1. The number of carbonyl (C=O) groups excluding carboxylic acids is 1. The summed E-state index contributed by atoms with van der Waals surface area (Å²) < 4.78 is 7.64. The smallest absolute Gasteiger partial charge is 0.212 e. The monoisotopic (exact) mass is 322 g/mol. The first-order valence-corrected chi connectivity index (χ1v) is 6.86. The van der Waals surface area contributed by atoms with Crippen LogP contribution in [0, 0.1) is 0 Å². The van der Waals surface area contributed by atoms with Gasteiger partial charge in [0.1, 0.15) is 11.4 Å². The summed E-state index contributed by atoms with van der Waals surface area (Å²) in [7, 11) is 1.58. The predicted molar refractivity (Wildman–Crippen MR) is 76.6 cm³/mol. The van der Waals surface area contributed by atoms with Gasteiger partial charge in [0.25, 0.3) is 0 Å². The molecule has 2 aromatic rings. The lowest BCUT2D eigenvalue weighted by Gasteiger charge is -2.08. The Morgan fingerprint density at radius 3 is 2.89 bits per heavy atom. The molecule has 1 aromatic carbocycles. The van der Waals surface area contributed by atoms with Crippen LogP contribution in [0.1, 0.15) is 29.4 Å². The second kappa shape index (κ2) is 6.02. The van der Waals surface area contributed by atoms with Gasteiger partial charge in [0.2, 0.25) is 5.78 Å². The van der Waals surface area contributed by atoms with Gasteiger partial charge < -0.3 is 4.74 Å². The van der Waals surface area contributed by atoms with Gasteiger partial charge in [-0.1, -0.05) is 22.9 Å². The van der Waals surface area contributed by atoms with Crippen molar-refractivity contribution >= 4 is 21.7 Å². The van der Waals surface area contributed by atoms with Crippen LogP contribution in [0.4, 0.5) is 0 Å². The molecule has 0 aliphatic rings. The van der Waals surface area contributed by atoms with Crippen LogP contribution in [0.3, 0.4) is 0 Å². The lowest BCUT2D eigenvalue weighted by atomic mass is 10.1. The second-order valence-electron chi connectivity index (χ2n) is 4.11. The number of hydrogen-bond donors (Lipinski definition) is 0. The summed E-state index contributed by atoms with van der Waals surface area (Å²) in [5.41, 5.74) is 1.17. The standard InChI is InChI=1S/C14H15BrN2O2/c1-3-8-17-13(6-7-16-17)14(18)11-9-10(19-2)4-5-12(11)15/h4-7,9H,3,8H2,1-2H3. The first-order valence-electron chi connectivity index (χ1n) is 6.07. The molecule has 0 bridgehead atoms. The summed E-state index contributed by atoms with van der Waals surface area (Å²) in [6.45, 7) is 2.78. The van der Waals surface area contributed by atoms with Crippen molar-refractivity contribution in [1.29, 1.82) is 0 Å². The highest BCUT2D eigenvalue weighted by Crippen LogP contribution is 2.25. The quantitative estimate of drug-likeness (QED) is 0.793. The van der Waals surface area contributed by atoms with E-state index in [4.69, 9.17) is 4.74 Å². The molecule has 19 heavy (non-hydrogen) atoms. The molecule has 0 aliphatic heterocycles. The molecule has 0 amide bonds. The Morgan fingerprint density at radius 2 is 2.21 bits per heavy atom. The summed E-state index contributed by atoms with van der Waals surface area (Å²) in [5.74, 6) is 0.602. The number of ketones is 1. The van der Waals surface area contributed by atoms with Crippen LogP contribution in [0.25, 0.3) is 0 Å². The third-order valence-electron chi connectivity index (χ3n) is 2.80. The van der Waals surface area contributed by atoms with Gasteiger partial charge in [-0.2, -0.15) is 5.10 Å². The fraction of sp³-hybridized carbons (Fsp3) is 0.286. The fourth-order valence-electron chi connectivity index (χ4n) is 1.86. The molecule has 4 nitrogen and oxygen atoms in total. The Hall–Kier alpha value is -1.62. The van der Waals surface area contributed by atoms with Crippen LogP contribution in [0.2, 0.25) is 0 Å². The molecule has 0 aliphatic carbocycles. The van der Waals surface area contributed by atoms with Crippen molar-refractivity contribution in [2.45, 2.75) is 19.9 Å². The van der Waals surface area contributed by atoms with E-state index in [0.29, 0.717) is 17.0 Å². The third-order valence-corrected chi connectivity index (χ3v) is 3.49. The number of carbonyl (C=O) groups is 1. The van der Waals surface area contributed by atoms with E-state index in [-0.39, 0.29) is 5.78 Å². The van der Waals surface area contributed by atoms with Crippen LogP contribution in [-0.4, -0.2) is 22.7 Å². The number of hydrogen-bond acceptors (Lipinski definition) is 3. The number of methoxy groups -OCH3 is 1. The van der Waals surface area contributed by atoms with Crippen LogP contribution >= 0.6 is 15.9 Å². The molecule has 0 unspecified atom stereocenters. The average molecular weight is 323 g/mol. The number of aromatic nitrogens is 2. The lowest BCUT2D eigenvalue weighted by Crippen LogP contribution is -2.12. The highest BCUT2D eigenvalue weighted by atomic mass is 79.9. The molecule has 0 N–H and O–H groups in total. The molecule has 1 heterocycles. The van der Waals surface area contributed by atoms with Crippen LogP contribution in [0.5, 0.6) is 5.75 Å². The molecule has 0 atom stereocenters. The number of aryl methyl sites for hydroxylation is 1. The fourth-order valence-corrected chi connectivity index (χ4v) is 2.29. The number of rotatable bonds is 5. The maximum atomic E-state index is 12.5. The van der Waals surface area contributed by atoms with Crippen LogP contribution in [-0.2, 0) is 6.54 Å². The summed E-state index contributed by atoms with van der Waals surface area (Å²) in [6.07, 6.45) is 2.58. The maximum Gasteiger partial charge on any atom is 0.212 e. The third kappa shape index (κ3) is 2.87. The summed E-state index contributed by atoms with van der Waals surface area (Å²) in [6, 6.07) is 7.09. The molecule has 0 fully saturated rings. The first kappa shape index (κ1) is 13.8. The zero-order valence-electron chi connectivity index (χ0n) is 10.9. The minimum Gasteiger partial charge on any atom is -0.497 e. The minimum absolute atomic E-state index is 0.0586. The Bertz CT molecular complexity index is 593. The van der Waals surface area contributed by atoms with Crippen molar-refractivity contribution in [3.8, 4) is 5.75 Å². The zero-order chi connectivity index (χ0) is 13.8. The molecule has 0 spiro atoms. The molecule has 0 saturated carbocycles. The largest absolute Gasteiger partial charge is 0.497 e. The molecular weight excluding hydrogens is 308 g/mol. The topological polar surface area (TPSA) is 44.1 Å². The molecule has 100 valence electrons. The molecule has 2 rings (SSSR count). The number of nitrogens with zero attached hydrogens (tertiary/aromatic N) is 2. The van der Waals surface area contributed by atoms with E-state index >= 15 is 0 Å². The van der Waals surface area contributed by atoms with Gasteiger partial charge in [0.05, 0.1) is 7.11 Å². The molecule has 0 radical (unpaired) electrons. The van der Waals surface area contributed by atoms with E-state index in [2.05, 4.69) is 28.0 Å². The van der Waals surface area contributed by atoms with Crippen LogP contribution < -0.4 is 4.74 Å². The van der Waals surface area contributed by atoms with E-state index in [9.17, 15) is 4.79 Å². The van der Waals surface area contributed by atoms with Gasteiger partial charge in [0, 0.05) is 22.8 Å². The SMILES string of the molecule is CCCn1nccc1C(=O)c1cc(OC)ccc1Br. The number of benzene rings is 1. The van der Waals surface area contributed by atoms with E-state index in [0.717, 1.165) is 17.4 Å². The van der Waals surface area contributed by atoms with Gasteiger partial charge in [-0.05, 0) is 30.7 Å². The Balaban J connectivity index is 2.40. The van der Waals surface area contributed by atoms with Gasteiger partial charge in [-0.3, -0.25) is 9.48 Å². The van der Waals surface area contributed by atoms with Gasteiger partial charge in [-0.25, -0.2) is 0 Å². The Morgan fingerprint density at radius 1 is 1.42 bits per heavy atom. The van der Waals surface area contributed by atoms with Crippen molar-refractivity contribution in [3.05, 3.63) is 46.2 Å². The molecule has 5 heteroatoms. The highest BCUT2D eigenvalue weighted by molar-refractivity contribution is 9.10. The molecular formula is C14H15BrN2O2. The normalized spacial score (nSPS) is 10.5. The average Bonchev–Trinajstić information content (AvgIpc) is 2.87. The Kier molecular flexibility index (Phi) is 4.37. The van der Waals surface area contributed by atoms with Gasteiger partial charge in [-0.15, -0.1) is 0 Å². The van der Waals surface area contributed by atoms with Crippen molar-refractivity contribution in [1.82, 2.24) is 9.78 Å². The van der Waals surface area contributed by atoms with Crippen molar-refractivity contribution in [2.24, 2.45) is 0 Å². The van der Waals surface area contributed by atoms with E-state index in [1.54, 1.807) is 30.1 Å². The predicted octanol–water partition coefficient (Wildman–Crippen LogP) is 3.30. The van der Waals surface area contributed by atoms with Crippen molar-refractivity contribution < 1.29 is 9.53 Å². The second-order valence-corrected chi connectivity index (χ2v) is 4.97. The maximum absolute atomic E-state index is 12.5. The molecule has 1 aromatic heterocycles. The lowest BCUT2D eigenvalue weighted by molar-refractivity contribution is 0.102. The summed E-state index contributed by atoms with van der Waals surface area (Å²) in [4.78, 5) is 12.5. The first-order chi connectivity index (χ1) is 9.17. The zero-order valence-corrected chi connectivity index (χ0v) is 12.5. The Labute approximate surface area is 120 Å². The van der Waals surface area contributed by atoms with Gasteiger partial charge in [0.15, 0.2) is 0 Å². The highest BCUT2D eigenvalue weighted by Gasteiger charge is 2.17. The van der Waals surface area contributed by atoms with Crippen molar-refractivity contribution in [3.63, 3.8) is 0 Å².